The van der Waals surface area contributed by atoms with Gasteiger partial charge in [-0.05, 0) is 42.0 Å². The molecule has 0 saturated carbocycles. The lowest BCUT2D eigenvalue weighted by molar-refractivity contribution is 0.1000. The van der Waals surface area contributed by atoms with Gasteiger partial charge in [0.1, 0.15) is 5.82 Å². The molecular formula is C14H12BrFN2OS. The van der Waals surface area contributed by atoms with Gasteiger partial charge < -0.3 is 11.5 Å². The number of rotatable bonds is 4. The van der Waals surface area contributed by atoms with Crippen LogP contribution in [0.2, 0.25) is 0 Å². The normalized spacial score (nSPS) is 10.5. The number of carbonyl (C=O) groups excluding carboxylic acids is 1. The fraction of sp³-hybridized carbons (Fsp3) is 0.0714. The van der Waals surface area contributed by atoms with Crippen molar-refractivity contribution in [1.82, 2.24) is 0 Å². The predicted octanol–water partition coefficient (Wildman–Crippen LogP) is 3.56. The Hall–Kier alpha value is -1.53. The molecule has 0 aliphatic carbocycles. The van der Waals surface area contributed by atoms with Crippen molar-refractivity contribution in [2.75, 3.05) is 5.73 Å². The summed E-state index contributed by atoms with van der Waals surface area (Å²) < 4.78 is 14.6. The smallest absolute Gasteiger partial charge is 0.248 e. The number of anilines is 1. The van der Waals surface area contributed by atoms with Gasteiger partial charge in [0.15, 0.2) is 0 Å². The lowest BCUT2D eigenvalue weighted by Gasteiger charge is -2.08. The summed E-state index contributed by atoms with van der Waals surface area (Å²) in [5, 5.41) is 0. The first-order valence-corrected chi connectivity index (χ1v) is 7.51. The largest absolute Gasteiger partial charge is 0.398 e. The molecule has 0 heterocycles. The molecule has 104 valence electrons. The highest BCUT2D eigenvalue weighted by atomic mass is 79.9. The monoisotopic (exact) mass is 354 g/mol. The summed E-state index contributed by atoms with van der Waals surface area (Å²) >= 11 is 4.77. The van der Waals surface area contributed by atoms with E-state index in [-0.39, 0.29) is 5.82 Å². The first-order valence-electron chi connectivity index (χ1n) is 5.73. The molecule has 3 nitrogen and oxygen atoms in total. The molecule has 20 heavy (non-hydrogen) atoms. The van der Waals surface area contributed by atoms with Gasteiger partial charge in [-0.1, -0.05) is 15.9 Å². The molecular weight excluding hydrogens is 343 g/mol. The van der Waals surface area contributed by atoms with Crippen LogP contribution in [0.3, 0.4) is 0 Å². The molecule has 0 unspecified atom stereocenters. The van der Waals surface area contributed by atoms with E-state index in [0.29, 0.717) is 22.6 Å². The van der Waals surface area contributed by atoms with Crippen molar-refractivity contribution >= 4 is 39.3 Å². The van der Waals surface area contributed by atoms with Crippen LogP contribution in [0.5, 0.6) is 0 Å². The van der Waals surface area contributed by atoms with E-state index in [1.807, 2.05) is 12.1 Å². The highest BCUT2D eigenvalue weighted by Gasteiger charge is 2.09. The van der Waals surface area contributed by atoms with Crippen molar-refractivity contribution in [3.8, 4) is 0 Å². The molecule has 0 fully saturated rings. The fourth-order valence-electron chi connectivity index (χ4n) is 1.63. The number of nitrogen functional groups attached to an aromatic ring is 1. The lowest BCUT2D eigenvalue weighted by atomic mass is 10.1. The number of carbonyl (C=O) groups is 1. The topological polar surface area (TPSA) is 69.1 Å². The van der Waals surface area contributed by atoms with Gasteiger partial charge in [-0.3, -0.25) is 4.79 Å². The molecule has 0 aliphatic rings. The zero-order valence-electron chi connectivity index (χ0n) is 10.4. The van der Waals surface area contributed by atoms with Crippen LogP contribution in [-0.2, 0) is 5.75 Å². The molecule has 4 N–H and O–H groups in total. The van der Waals surface area contributed by atoms with Gasteiger partial charge in [-0.15, -0.1) is 11.8 Å². The third-order valence-corrected chi connectivity index (χ3v) is 4.30. The number of primary amides is 1. The van der Waals surface area contributed by atoms with Crippen molar-refractivity contribution in [3.05, 3.63) is 57.8 Å². The number of hydrogen-bond donors (Lipinski definition) is 2. The Kier molecular flexibility index (Phi) is 4.67. The molecule has 0 radical (unpaired) electrons. The van der Waals surface area contributed by atoms with Crippen molar-refractivity contribution < 1.29 is 9.18 Å². The van der Waals surface area contributed by atoms with Gasteiger partial charge in [-0.25, -0.2) is 4.39 Å². The van der Waals surface area contributed by atoms with Crippen LogP contribution >= 0.6 is 27.7 Å². The minimum atomic E-state index is -0.571. The van der Waals surface area contributed by atoms with Gasteiger partial charge in [-0.2, -0.15) is 0 Å². The average Bonchev–Trinajstić information content (AvgIpc) is 2.41. The molecule has 0 aromatic heterocycles. The minimum Gasteiger partial charge on any atom is -0.398 e. The number of amides is 1. The Balaban J connectivity index is 2.20. The van der Waals surface area contributed by atoms with E-state index in [4.69, 9.17) is 11.5 Å². The number of halogens is 2. The third-order valence-electron chi connectivity index (χ3n) is 2.69. The maximum Gasteiger partial charge on any atom is 0.248 e. The van der Waals surface area contributed by atoms with Crippen LogP contribution in [0.1, 0.15) is 15.9 Å². The van der Waals surface area contributed by atoms with Crippen LogP contribution in [0, 0.1) is 5.82 Å². The average molecular weight is 355 g/mol. The van der Waals surface area contributed by atoms with Crippen LogP contribution in [0.4, 0.5) is 10.1 Å². The minimum absolute atomic E-state index is 0.296. The molecule has 2 rings (SSSR count). The van der Waals surface area contributed by atoms with E-state index in [9.17, 15) is 9.18 Å². The predicted molar refractivity (Wildman–Crippen MR) is 83.0 cm³/mol. The van der Waals surface area contributed by atoms with Crippen LogP contribution in [-0.4, -0.2) is 5.91 Å². The summed E-state index contributed by atoms with van der Waals surface area (Å²) in [7, 11) is 0. The highest BCUT2D eigenvalue weighted by molar-refractivity contribution is 9.10. The molecule has 2 aromatic rings. The number of hydrogen-bond acceptors (Lipinski definition) is 3. The number of benzene rings is 2. The maximum atomic E-state index is 13.7. The fourth-order valence-corrected chi connectivity index (χ4v) is 3.12. The summed E-state index contributed by atoms with van der Waals surface area (Å²) in [6, 6.07) is 9.59. The number of thioether (sulfide) groups is 1. The van der Waals surface area contributed by atoms with Crippen molar-refractivity contribution in [2.45, 2.75) is 10.6 Å². The highest BCUT2D eigenvalue weighted by Crippen LogP contribution is 2.31. The lowest BCUT2D eigenvalue weighted by Crippen LogP contribution is -2.11. The summed E-state index contributed by atoms with van der Waals surface area (Å²) in [6.07, 6.45) is 0. The molecule has 0 saturated heterocycles. The maximum absolute atomic E-state index is 13.7. The van der Waals surface area contributed by atoms with Gasteiger partial charge >= 0.3 is 0 Å². The Morgan fingerprint density at radius 1 is 1.25 bits per heavy atom. The first kappa shape index (κ1) is 14.9. The second-order valence-corrected chi connectivity index (χ2v) is 6.07. The van der Waals surface area contributed by atoms with E-state index < -0.39 is 5.91 Å². The van der Waals surface area contributed by atoms with Crippen molar-refractivity contribution in [1.29, 1.82) is 0 Å². The van der Waals surface area contributed by atoms with Gasteiger partial charge in [0.25, 0.3) is 0 Å². The van der Waals surface area contributed by atoms with Gasteiger partial charge in [0.2, 0.25) is 5.91 Å². The molecule has 2 aromatic carbocycles. The van der Waals surface area contributed by atoms with Crippen LogP contribution in [0.15, 0.2) is 45.8 Å². The Morgan fingerprint density at radius 3 is 2.70 bits per heavy atom. The Morgan fingerprint density at radius 2 is 2.00 bits per heavy atom. The standard InChI is InChI=1S/C14H12BrFN2OS/c15-10-2-4-12(17)13(6-10)20-7-9-5-8(14(18)19)1-3-11(9)16/h1-6H,7,17H2,(H2,18,19). The molecule has 0 aliphatic heterocycles. The second-order valence-electron chi connectivity index (χ2n) is 4.14. The van der Waals surface area contributed by atoms with Crippen LogP contribution in [0.25, 0.3) is 0 Å². The molecule has 1 amide bonds. The molecule has 0 bridgehead atoms. The summed E-state index contributed by atoms with van der Waals surface area (Å²) in [5.74, 6) is -0.567. The van der Waals surface area contributed by atoms with E-state index in [2.05, 4.69) is 15.9 Å². The van der Waals surface area contributed by atoms with Gasteiger partial charge in [0, 0.05) is 26.4 Å². The first-order chi connectivity index (χ1) is 9.47. The quantitative estimate of drug-likeness (QED) is 0.651. The van der Waals surface area contributed by atoms with Crippen molar-refractivity contribution in [3.63, 3.8) is 0 Å². The zero-order chi connectivity index (χ0) is 14.7. The second kappa shape index (κ2) is 6.28. The Labute approximate surface area is 128 Å². The number of nitrogens with two attached hydrogens (primary N) is 2. The summed E-state index contributed by atoms with van der Waals surface area (Å²) in [5.41, 5.74) is 12.4. The zero-order valence-corrected chi connectivity index (χ0v) is 12.8. The summed E-state index contributed by atoms with van der Waals surface area (Å²) in [4.78, 5) is 12.0. The Bertz CT molecular complexity index is 664. The third kappa shape index (κ3) is 3.52. The van der Waals surface area contributed by atoms with Gasteiger partial charge in [0.05, 0.1) is 0 Å². The molecule has 0 atom stereocenters. The molecule has 0 spiro atoms. The van der Waals surface area contributed by atoms with E-state index in [1.165, 1.54) is 30.0 Å². The molecule has 6 heteroatoms. The van der Waals surface area contributed by atoms with Crippen molar-refractivity contribution in [2.24, 2.45) is 5.73 Å². The van der Waals surface area contributed by atoms with E-state index in [1.54, 1.807) is 6.07 Å². The SMILES string of the molecule is NC(=O)c1ccc(F)c(CSc2cc(Br)ccc2N)c1. The van der Waals surface area contributed by atoms with Crippen LogP contribution < -0.4 is 11.5 Å². The summed E-state index contributed by atoms with van der Waals surface area (Å²) in [6.45, 7) is 0. The van der Waals surface area contributed by atoms with E-state index in [0.717, 1.165) is 9.37 Å². The van der Waals surface area contributed by atoms with E-state index >= 15 is 0 Å².